The number of nitrogens with one attached hydrogen (secondary N) is 1. The summed E-state index contributed by atoms with van der Waals surface area (Å²) in [5, 5.41) is 3.19. The molecule has 0 bridgehead atoms. The third-order valence-corrected chi connectivity index (χ3v) is 1.02. The molecule has 0 fully saturated rings. The Hall–Kier alpha value is -0.980. The molecule has 0 saturated carbocycles. The van der Waals surface area contributed by atoms with E-state index in [1.165, 1.54) is 0 Å². The van der Waals surface area contributed by atoms with Crippen LogP contribution in [0.3, 0.4) is 0 Å². The van der Waals surface area contributed by atoms with Crippen molar-refractivity contribution in [1.29, 1.82) is 0 Å². The minimum Gasteiger partial charge on any atom is -0.385 e. The molecule has 0 aromatic heterocycles. The van der Waals surface area contributed by atoms with Gasteiger partial charge in [0.2, 0.25) is 0 Å². The fourth-order valence-electron chi connectivity index (χ4n) is 0.684. The molecule has 0 saturated heterocycles. The van der Waals surface area contributed by atoms with Gasteiger partial charge in [-0.05, 0) is 26.0 Å². The molecule has 0 aromatic carbocycles. The van der Waals surface area contributed by atoms with Crippen LogP contribution in [0.4, 0.5) is 0 Å². The minimum absolute atomic E-state index is 0.948. The normalized spacial score (nSPS) is 10.5. The number of likely N-dealkylation sites (N-methyl/N-ethyl adjacent to an activating group) is 1. The Bertz CT molecular complexity index is 143. The van der Waals surface area contributed by atoms with E-state index in [1.807, 2.05) is 39.0 Å². The molecular formula is C11H21N. The molecule has 0 heterocycles. The Balaban J connectivity index is 0. The first kappa shape index (κ1) is 13.6. The average molecular weight is 167 g/mol. The van der Waals surface area contributed by atoms with Crippen LogP contribution in [0.15, 0.2) is 36.6 Å². The molecule has 0 aliphatic rings. The first-order chi connectivity index (χ1) is 5.85. The van der Waals surface area contributed by atoms with Crippen LogP contribution in [-0.4, -0.2) is 6.54 Å². The second kappa shape index (κ2) is 12.7. The SMILES string of the molecule is C=C/C=C(\C=C/C)NCC.CC. The lowest BCUT2D eigenvalue weighted by atomic mass is 10.3. The molecule has 1 nitrogen and oxygen atoms in total. The smallest absolute Gasteiger partial charge is 0.0336 e. The highest BCUT2D eigenvalue weighted by atomic mass is 14.9. The summed E-state index contributed by atoms with van der Waals surface area (Å²) >= 11 is 0. The lowest BCUT2D eigenvalue weighted by Gasteiger charge is -2.00. The van der Waals surface area contributed by atoms with Gasteiger partial charge in [-0.2, -0.15) is 0 Å². The van der Waals surface area contributed by atoms with Crippen molar-refractivity contribution in [1.82, 2.24) is 5.32 Å². The largest absolute Gasteiger partial charge is 0.385 e. The average Bonchev–Trinajstić information content (AvgIpc) is 2.10. The lowest BCUT2D eigenvalue weighted by molar-refractivity contribution is 0.878. The predicted molar refractivity (Wildman–Crippen MR) is 58.1 cm³/mol. The highest BCUT2D eigenvalue weighted by molar-refractivity contribution is 5.20. The van der Waals surface area contributed by atoms with Crippen LogP contribution in [0.2, 0.25) is 0 Å². The van der Waals surface area contributed by atoms with Crippen LogP contribution in [-0.2, 0) is 0 Å². The summed E-state index contributed by atoms with van der Waals surface area (Å²) in [6.07, 6.45) is 7.74. The summed E-state index contributed by atoms with van der Waals surface area (Å²) in [5.41, 5.74) is 1.11. The molecule has 12 heavy (non-hydrogen) atoms. The molecule has 0 rings (SSSR count). The van der Waals surface area contributed by atoms with Crippen LogP contribution in [0.25, 0.3) is 0 Å². The van der Waals surface area contributed by atoms with E-state index in [2.05, 4.69) is 18.8 Å². The minimum atomic E-state index is 0.948. The van der Waals surface area contributed by atoms with Crippen molar-refractivity contribution < 1.29 is 0 Å². The Morgan fingerprint density at radius 2 is 2.00 bits per heavy atom. The molecule has 70 valence electrons. The first-order valence-corrected chi connectivity index (χ1v) is 4.54. The molecule has 0 atom stereocenters. The summed E-state index contributed by atoms with van der Waals surface area (Å²) in [4.78, 5) is 0. The quantitative estimate of drug-likeness (QED) is 0.634. The zero-order valence-electron chi connectivity index (χ0n) is 8.72. The number of rotatable bonds is 4. The maximum Gasteiger partial charge on any atom is 0.0336 e. The number of hydrogen-bond donors (Lipinski definition) is 1. The number of allylic oxidation sites excluding steroid dienone is 4. The molecule has 0 radical (unpaired) electrons. The van der Waals surface area contributed by atoms with Crippen molar-refractivity contribution in [2.75, 3.05) is 6.54 Å². The maximum atomic E-state index is 3.61. The number of hydrogen-bond acceptors (Lipinski definition) is 1. The third-order valence-electron chi connectivity index (χ3n) is 1.02. The predicted octanol–water partition coefficient (Wildman–Crippen LogP) is 3.27. The van der Waals surface area contributed by atoms with Gasteiger partial charge in [-0.25, -0.2) is 0 Å². The van der Waals surface area contributed by atoms with E-state index in [4.69, 9.17) is 0 Å². The molecule has 0 unspecified atom stereocenters. The molecule has 1 heteroatoms. The van der Waals surface area contributed by atoms with Crippen molar-refractivity contribution in [3.63, 3.8) is 0 Å². The molecule has 0 spiro atoms. The van der Waals surface area contributed by atoms with Crippen LogP contribution in [0, 0.1) is 0 Å². The van der Waals surface area contributed by atoms with Gasteiger partial charge in [-0.3, -0.25) is 0 Å². The fraction of sp³-hybridized carbons (Fsp3) is 0.455. The highest BCUT2D eigenvalue weighted by Crippen LogP contribution is 1.90. The van der Waals surface area contributed by atoms with Crippen molar-refractivity contribution in [2.45, 2.75) is 27.7 Å². The van der Waals surface area contributed by atoms with Gasteiger partial charge in [0.1, 0.15) is 0 Å². The van der Waals surface area contributed by atoms with E-state index in [0.717, 1.165) is 12.2 Å². The Kier molecular flexibility index (Phi) is 14.4. The molecule has 0 aliphatic carbocycles. The van der Waals surface area contributed by atoms with Gasteiger partial charge in [0.15, 0.2) is 0 Å². The lowest BCUT2D eigenvalue weighted by Crippen LogP contribution is -2.09. The Morgan fingerprint density at radius 3 is 2.33 bits per heavy atom. The molecule has 1 N–H and O–H groups in total. The standard InChI is InChI=1S/C9H15N.C2H6/c1-4-7-9(8-5-2)10-6-3;1-2/h4-5,7-8,10H,1,6H2,2-3H3;1-2H3/b8-5-,9-7+;. The van der Waals surface area contributed by atoms with E-state index in [-0.39, 0.29) is 0 Å². The van der Waals surface area contributed by atoms with Crippen molar-refractivity contribution in [2.24, 2.45) is 0 Å². The van der Waals surface area contributed by atoms with E-state index in [0.29, 0.717) is 0 Å². The van der Waals surface area contributed by atoms with Crippen LogP contribution < -0.4 is 5.32 Å². The van der Waals surface area contributed by atoms with Gasteiger partial charge in [0.25, 0.3) is 0 Å². The summed E-state index contributed by atoms with van der Waals surface area (Å²) in [5.74, 6) is 0. The molecule has 0 aromatic rings. The van der Waals surface area contributed by atoms with Crippen molar-refractivity contribution >= 4 is 0 Å². The highest BCUT2D eigenvalue weighted by Gasteiger charge is 1.82. The van der Waals surface area contributed by atoms with Gasteiger partial charge in [0, 0.05) is 12.2 Å². The second-order valence-corrected chi connectivity index (χ2v) is 1.89. The topological polar surface area (TPSA) is 12.0 Å². The summed E-state index contributed by atoms with van der Waals surface area (Å²) in [6, 6.07) is 0. The zero-order valence-corrected chi connectivity index (χ0v) is 8.72. The van der Waals surface area contributed by atoms with E-state index >= 15 is 0 Å². The monoisotopic (exact) mass is 167 g/mol. The second-order valence-electron chi connectivity index (χ2n) is 1.89. The zero-order chi connectivity index (χ0) is 9.82. The molecular weight excluding hydrogens is 146 g/mol. The molecule has 0 amide bonds. The maximum absolute atomic E-state index is 3.61. The van der Waals surface area contributed by atoms with Gasteiger partial charge in [-0.1, -0.05) is 32.6 Å². The first-order valence-electron chi connectivity index (χ1n) is 4.54. The summed E-state index contributed by atoms with van der Waals surface area (Å²) < 4.78 is 0. The van der Waals surface area contributed by atoms with Crippen LogP contribution >= 0.6 is 0 Å². The van der Waals surface area contributed by atoms with E-state index in [1.54, 1.807) is 6.08 Å². The van der Waals surface area contributed by atoms with Crippen molar-refractivity contribution in [3.05, 3.63) is 36.6 Å². The Morgan fingerprint density at radius 1 is 1.42 bits per heavy atom. The van der Waals surface area contributed by atoms with Gasteiger partial charge < -0.3 is 5.32 Å². The summed E-state index contributed by atoms with van der Waals surface area (Å²) in [6.45, 7) is 12.6. The summed E-state index contributed by atoms with van der Waals surface area (Å²) in [7, 11) is 0. The fourth-order valence-corrected chi connectivity index (χ4v) is 0.684. The van der Waals surface area contributed by atoms with Gasteiger partial charge in [-0.15, -0.1) is 0 Å². The van der Waals surface area contributed by atoms with Crippen LogP contribution in [0.5, 0.6) is 0 Å². The van der Waals surface area contributed by atoms with Crippen molar-refractivity contribution in [3.8, 4) is 0 Å². The third kappa shape index (κ3) is 9.02. The molecule has 0 aliphatic heterocycles. The van der Waals surface area contributed by atoms with Gasteiger partial charge in [0.05, 0.1) is 0 Å². The van der Waals surface area contributed by atoms with E-state index < -0.39 is 0 Å². The van der Waals surface area contributed by atoms with Gasteiger partial charge >= 0.3 is 0 Å². The van der Waals surface area contributed by atoms with Crippen LogP contribution in [0.1, 0.15) is 27.7 Å². The Labute approximate surface area is 76.9 Å². The van der Waals surface area contributed by atoms with E-state index in [9.17, 15) is 0 Å².